The highest BCUT2D eigenvalue weighted by molar-refractivity contribution is 5.90. The molecule has 0 aliphatic carbocycles. The van der Waals surface area contributed by atoms with Gasteiger partial charge in [0.2, 0.25) is 0 Å². The highest BCUT2D eigenvalue weighted by Gasteiger charge is 2.11. The Labute approximate surface area is 142 Å². The molecule has 24 heavy (non-hydrogen) atoms. The topological polar surface area (TPSA) is 59.6 Å². The molecule has 0 fully saturated rings. The molecule has 1 aliphatic heterocycles. The maximum Gasteiger partial charge on any atom is 0.319 e. The number of urea groups is 1. The number of hydrogen-bond donors (Lipinski definition) is 2. The summed E-state index contributed by atoms with van der Waals surface area (Å²) in [5, 5.41) is 5.78. The van der Waals surface area contributed by atoms with Gasteiger partial charge in [-0.1, -0.05) is 18.2 Å². The van der Waals surface area contributed by atoms with Crippen molar-refractivity contribution in [2.45, 2.75) is 20.3 Å². The molecule has 5 nitrogen and oxygen atoms in total. The van der Waals surface area contributed by atoms with Crippen molar-refractivity contribution in [1.29, 1.82) is 0 Å². The van der Waals surface area contributed by atoms with Crippen LogP contribution in [-0.2, 0) is 6.42 Å². The fourth-order valence-corrected chi connectivity index (χ4v) is 2.60. The Bertz CT molecular complexity index is 743. The average molecular weight is 326 g/mol. The van der Waals surface area contributed by atoms with Gasteiger partial charge in [-0.05, 0) is 55.2 Å². The van der Waals surface area contributed by atoms with Gasteiger partial charge in [0, 0.05) is 12.2 Å². The lowest BCUT2D eigenvalue weighted by Gasteiger charge is -2.19. The third-order valence-corrected chi connectivity index (χ3v) is 3.95. The fraction of sp³-hybridized carbons (Fsp3) is 0.316. The zero-order valence-corrected chi connectivity index (χ0v) is 14.0. The zero-order valence-electron chi connectivity index (χ0n) is 14.0. The maximum atomic E-state index is 12.0. The minimum Gasteiger partial charge on any atom is -0.486 e. The van der Waals surface area contributed by atoms with Crippen molar-refractivity contribution in [3.8, 4) is 11.5 Å². The van der Waals surface area contributed by atoms with E-state index in [1.54, 1.807) is 0 Å². The number of amides is 2. The van der Waals surface area contributed by atoms with Crippen LogP contribution < -0.4 is 20.1 Å². The molecule has 0 spiro atoms. The molecule has 2 N–H and O–H groups in total. The van der Waals surface area contributed by atoms with Crippen LogP contribution in [-0.4, -0.2) is 25.8 Å². The van der Waals surface area contributed by atoms with Gasteiger partial charge in [0.15, 0.2) is 11.5 Å². The second-order valence-corrected chi connectivity index (χ2v) is 5.93. The van der Waals surface area contributed by atoms with E-state index < -0.39 is 0 Å². The number of fused-ring (bicyclic) bond motifs is 1. The van der Waals surface area contributed by atoms with Crippen LogP contribution in [0.15, 0.2) is 36.4 Å². The number of aryl methyl sites for hydroxylation is 2. The number of ether oxygens (including phenoxy) is 2. The van der Waals surface area contributed by atoms with Crippen LogP contribution >= 0.6 is 0 Å². The van der Waals surface area contributed by atoms with Gasteiger partial charge in [-0.15, -0.1) is 0 Å². The van der Waals surface area contributed by atoms with Crippen LogP contribution in [0.5, 0.6) is 11.5 Å². The SMILES string of the molecule is Cc1ccc(C)c(NC(=O)NCCc2ccc3c(c2)OCCO3)c1. The Morgan fingerprint density at radius 3 is 2.67 bits per heavy atom. The number of nitrogens with one attached hydrogen (secondary N) is 2. The summed E-state index contributed by atoms with van der Waals surface area (Å²) in [6, 6.07) is 11.7. The first kappa shape index (κ1) is 16.2. The van der Waals surface area contributed by atoms with Gasteiger partial charge in [0.05, 0.1) is 0 Å². The Hall–Kier alpha value is -2.69. The average Bonchev–Trinajstić information content (AvgIpc) is 2.58. The van der Waals surface area contributed by atoms with Crippen LogP contribution in [0.1, 0.15) is 16.7 Å². The quantitative estimate of drug-likeness (QED) is 0.905. The lowest BCUT2D eigenvalue weighted by Crippen LogP contribution is -2.30. The van der Waals surface area contributed by atoms with Crippen molar-refractivity contribution in [2.75, 3.05) is 25.1 Å². The van der Waals surface area contributed by atoms with Gasteiger partial charge in [0.1, 0.15) is 13.2 Å². The molecule has 0 atom stereocenters. The van der Waals surface area contributed by atoms with E-state index in [2.05, 4.69) is 10.6 Å². The van der Waals surface area contributed by atoms with Crippen molar-refractivity contribution in [3.63, 3.8) is 0 Å². The number of rotatable bonds is 4. The van der Waals surface area contributed by atoms with Crippen LogP contribution in [0, 0.1) is 13.8 Å². The van der Waals surface area contributed by atoms with E-state index in [1.807, 2.05) is 50.2 Å². The summed E-state index contributed by atoms with van der Waals surface area (Å²) < 4.78 is 11.1. The van der Waals surface area contributed by atoms with Crippen LogP contribution in [0.3, 0.4) is 0 Å². The van der Waals surface area contributed by atoms with Crippen molar-refractivity contribution in [2.24, 2.45) is 0 Å². The minimum absolute atomic E-state index is 0.193. The number of hydrogen-bond acceptors (Lipinski definition) is 3. The maximum absolute atomic E-state index is 12.0. The largest absolute Gasteiger partial charge is 0.486 e. The highest BCUT2D eigenvalue weighted by Crippen LogP contribution is 2.30. The first-order valence-electron chi connectivity index (χ1n) is 8.12. The molecule has 1 heterocycles. The number of carbonyl (C=O) groups excluding carboxylic acids is 1. The molecule has 3 rings (SSSR count). The first-order chi connectivity index (χ1) is 11.6. The normalized spacial score (nSPS) is 12.6. The Balaban J connectivity index is 1.51. The van der Waals surface area contributed by atoms with Gasteiger partial charge >= 0.3 is 6.03 Å². The summed E-state index contributed by atoms with van der Waals surface area (Å²) in [6.07, 6.45) is 0.733. The summed E-state index contributed by atoms with van der Waals surface area (Å²) >= 11 is 0. The summed E-state index contributed by atoms with van der Waals surface area (Å²) in [5.41, 5.74) is 4.10. The molecule has 2 aromatic rings. The molecule has 1 aliphatic rings. The summed E-state index contributed by atoms with van der Waals surface area (Å²) in [4.78, 5) is 12.0. The van der Waals surface area contributed by atoms with Crippen molar-refractivity contribution >= 4 is 11.7 Å². The number of anilines is 1. The molecule has 0 unspecified atom stereocenters. The van der Waals surface area contributed by atoms with Gasteiger partial charge in [-0.3, -0.25) is 0 Å². The molecule has 2 aromatic carbocycles. The van der Waals surface area contributed by atoms with Crippen molar-refractivity contribution in [3.05, 3.63) is 53.1 Å². The third kappa shape index (κ3) is 3.98. The van der Waals surface area contributed by atoms with Gasteiger partial charge in [0.25, 0.3) is 0 Å². The van der Waals surface area contributed by atoms with E-state index in [4.69, 9.17) is 9.47 Å². The Kier molecular flexibility index (Phi) is 4.89. The molecular formula is C19H22N2O3. The summed E-state index contributed by atoms with van der Waals surface area (Å²) in [5.74, 6) is 1.56. The summed E-state index contributed by atoms with van der Waals surface area (Å²) in [6.45, 7) is 5.70. The lowest BCUT2D eigenvalue weighted by molar-refractivity contribution is 0.171. The molecule has 0 aromatic heterocycles. The van der Waals surface area contributed by atoms with E-state index in [0.717, 1.165) is 40.3 Å². The molecule has 0 saturated heterocycles. The fourth-order valence-electron chi connectivity index (χ4n) is 2.60. The van der Waals surface area contributed by atoms with Crippen LogP contribution in [0.2, 0.25) is 0 Å². The van der Waals surface area contributed by atoms with E-state index >= 15 is 0 Å². The van der Waals surface area contributed by atoms with Gasteiger partial charge in [-0.2, -0.15) is 0 Å². The molecule has 126 valence electrons. The zero-order chi connectivity index (χ0) is 16.9. The first-order valence-corrected chi connectivity index (χ1v) is 8.12. The van der Waals surface area contributed by atoms with Crippen LogP contribution in [0.4, 0.5) is 10.5 Å². The minimum atomic E-state index is -0.193. The van der Waals surface area contributed by atoms with Crippen molar-refractivity contribution < 1.29 is 14.3 Å². The van der Waals surface area contributed by atoms with Gasteiger partial charge in [-0.25, -0.2) is 4.79 Å². The van der Waals surface area contributed by atoms with E-state index in [1.165, 1.54) is 0 Å². The molecule has 5 heteroatoms. The Morgan fingerprint density at radius 2 is 1.83 bits per heavy atom. The van der Waals surface area contributed by atoms with E-state index in [-0.39, 0.29) is 6.03 Å². The second-order valence-electron chi connectivity index (χ2n) is 5.93. The standard InChI is InChI=1S/C19H22N2O3/c1-13-3-4-14(2)16(11-13)21-19(22)20-8-7-15-5-6-17-18(12-15)24-10-9-23-17/h3-6,11-12H,7-10H2,1-2H3,(H2,20,21,22). The molecule has 2 amide bonds. The smallest absolute Gasteiger partial charge is 0.319 e. The predicted molar refractivity (Wildman–Crippen MR) is 94.1 cm³/mol. The molecule has 0 radical (unpaired) electrons. The molecular weight excluding hydrogens is 304 g/mol. The van der Waals surface area contributed by atoms with Crippen LogP contribution in [0.25, 0.3) is 0 Å². The monoisotopic (exact) mass is 326 g/mol. The van der Waals surface area contributed by atoms with E-state index in [0.29, 0.717) is 19.8 Å². The van der Waals surface area contributed by atoms with E-state index in [9.17, 15) is 4.79 Å². The number of benzene rings is 2. The summed E-state index contributed by atoms with van der Waals surface area (Å²) in [7, 11) is 0. The van der Waals surface area contributed by atoms with Gasteiger partial charge < -0.3 is 20.1 Å². The second kappa shape index (κ2) is 7.25. The predicted octanol–water partition coefficient (Wildman–Crippen LogP) is 3.44. The third-order valence-electron chi connectivity index (χ3n) is 3.95. The lowest BCUT2D eigenvalue weighted by atomic mass is 10.1. The Morgan fingerprint density at radius 1 is 1.04 bits per heavy atom. The van der Waals surface area contributed by atoms with Crippen molar-refractivity contribution in [1.82, 2.24) is 5.32 Å². The number of carbonyl (C=O) groups is 1. The molecule has 0 bridgehead atoms. The highest BCUT2D eigenvalue weighted by atomic mass is 16.6. The molecule has 0 saturated carbocycles.